The molecule has 0 radical (unpaired) electrons. The van der Waals surface area contributed by atoms with Gasteiger partial charge in [-0.15, -0.1) is 10.2 Å². The Morgan fingerprint density at radius 2 is 1.79 bits per heavy atom. The Balaban J connectivity index is 2.65. The first-order valence-corrected chi connectivity index (χ1v) is 7.77. The first-order valence-electron chi connectivity index (χ1n) is 5.46. The lowest BCUT2D eigenvalue weighted by Gasteiger charge is -2.12. The van der Waals surface area contributed by atoms with Crippen LogP contribution in [0.25, 0.3) is 11.4 Å². The second-order valence-corrected chi connectivity index (χ2v) is 6.67. The molecule has 0 saturated carbocycles. The zero-order valence-corrected chi connectivity index (χ0v) is 11.8. The van der Waals surface area contributed by atoms with Crippen molar-refractivity contribution in [3.05, 3.63) is 30.1 Å². The molecule has 0 amide bonds. The molecule has 0 aliphatic rings. The van der Waals surface area contributed by atoms with Crippen LogP contribution in [0.4, 0.5) is 4.39 Å². The maximum absolute atomic E-state index is 12.9. The van der Waals surface area contributed by atoms with Crippen molar-refractivity contribution in [2.24, 2.45) is 0 Å². The fourth-order valence-corrected chi connectivity index (χ4v) is 2.69. The maximum Gasteiger partial charge on any atom is 0.296 e. The zero-order valence-electron chi connectivity index (χ0n) is 10.2. The molecule has 0 bridgehead atoms. The molecule has 0 spiro atoms. The lowest BCUT2D eigenvalue weighted by atomic mass is 10.2. The summed E-state index contributed by atoms with van der Waals surface area (Å²) >= 11 is 0. The monoisotopic (exact) mass is 303 g/mol. The average Bonchev–Trinajstić information content (AvgIpc) is 2.74. The summed E-state index contributed by atoms with van der Waals surface area (Å²) in [6, 6.07) is 5.33. The van der Waals surface area contributed by atoms with Gasteiger partial charge in [0, 0.05) is 22.3 Å². The average molecular weight is 304 g/mol. The molecule has 0 aliphatic heterocycles. The van der Waals surface area contributed by atoms with Gasteiger partial charge in [-0.05, 0) is 38.1 Å². The van der Waals surface area contributed by atoms with Gasteiger partial charge in [-0.2, -0.15) is 0 Å². The van der Waals surface area contributed by atoms with Crippen molar-refractivity contribution in [2.75, 3.05) is 0 Å². The van der Waals surface area contributed by atoms with E-state index in [-0.39, 0.29) is 17.0 Å². The van der Waals surface area contributed by atoms with E-state index in [1.807, 2.05) is 0 Å². The van der Waals surface area contributed by atoms with Crippen LogP contribution in [0.2, 0.25) is 0 Å². The maximum atomic E-state index is 12.9. The van der Waals surface area contributed by atoms with Gasteiger partial charge in [0.05, 0.1) is 0 Å². The largest absolute Gasteiger partial charge is 0.296 e. The third-order valence-corrected chi connectivity index (χ3v) is 3.63. The molecule has 0 N–H and O–H groups in total. The third kappa shape index (κ3) is 2.76. The summed E-state index contributed by atoms with van der Waals surface area (Å²) in [5, 5.41) is 7.12. The van der Waals surface area contributed by atoms with Gasteiger partial charge in [-0.3, -0.25) is 4.57 Å². The summed E-state index contributed by atoms with van der Waals surface area (Å²) in [6.45, 7) is 3.56. The topological polar surface area (TPSA) is 64.8 Å². The van der Waals surface area contributed by atoms with Crippen LogP contribution in [0.1, 0.15) is 19.9 Å². The Hall–Kier alpha value is -1.47. The van der Waals surface area contributed by atoms with Gasteiger partial charge < -0.3 is 0 Å². The molecule has 0 aliphatic carbocycles. The summed E-state index contributed by atoms with van der Waals surface area (Å²) in [6.07, 6.45) is 0. The number of hydrogen-bond acceptors (Lipinski definition) is 4. The molecule has 2 aromatic rings. The van der Waals surface area contributed by atoms with E-state index in [4.69, 9.17) is 10.7 Å². The minimum atomic E-state index is -3.99. The first-order chi connectivity index (χ1) is 8.80. The van der Waals surface area contributed by atoms with Gasteiger partial charge in [0.2, 0.25) is 0 Å². The van der Waals surface area contributed by atoms with E-state index < -0.39 is 9.05 Å². The highest BCUT2D eigenvalue weighted by atomic mass is 35.7. The van der Waals surface area contributed by atoms with E-state index in [9.17, 15) is 12.8 Å². The Bertz CT molecular complexity index is 695. The van der Waals surface area contributed by atoms with Crippen LogP contribution in [-0.4, -0.2) is 23.2 Å². The molecule has 8 heteroatoms. The van der Waals surface area contributed by atoms with E-state index in [0.29, 0.717) is 11.4 Å². The number of benzene rings is 1. The van der Waals surface area contributed by atoms with Gasteiger partial charge >= 0.3 is 0 Å². The van der Waals surface area contributed by atoms with Gasteiger partial charge in [0.25, 0.3) is 14.2 Å². The third-order valence-electron chi connectivity index (χ3n) is 2.50. The molecule has 102 valence electrons. The van der Waals surface area contributed by atoms with E-state index >= 15 is 0 Å². The number of rotatable bonds is 3. The van der Waals surface area contributed by atoms with Gasteiger partial charge in [0.15, 0.2) is 5.82 Å². The summed E-state index contributed by atoms with van der Waals surface area (Å²) in [7, 11) is 1.34. The Kier molecular flexibility index (Phi) is 3.60. The lowest BCUT2D eigenvalue weighted by molar-refractivity contribution is 0.530. The zero-order chi connectivity index (χ0) is 14.2. The van der Waals surface area contributed by atoms with E-state index in [1.165, 1.54) is 28.8 Å². The summed E-state index contributed by atoms with van der Waals surface area (Å²) in [5.41, 5.74) is 0.564. The van der Waals surface area contributed by atoms with Crippen molar-refractivity contribution in [3.63, 3.8) is 0 Å². The van der Waals surface area contributed by atoms with Crippen molar-refractivity contribution in [3.8, 4) is 11.4 Å². The molecule has 0 unspecified atom stereocenters. The number of nitrogens with zero attached hydrogens (tertiary/aromatic N) is 3. The molecule has 5 nitrogen and oxygen atoms in total. The second-order valence-electron chi connectivity index (χ2n) is 4.21. The van der Waals surface area contributed by atoms with Crippen LogP contribution in [0.15, 0.2) is 29.4 Å². The molecule has 1 aromatic heterocycles. The van der Waals surface area contributed by atoms with Crippen molar-refractivity contribution < 1.29 is 12.8 Å². The number of halogens is 2. The van der Waals surface area contributed by atoms with Crippen LogP contribution in [0.5, 0.6) is 0 Å². The summed E-state index contributed by atoms with van der Waals surface area (Å²) in [4.78, 5) is 0. The standard InChI is InChI=1S/C11H11ClFN3O2S/c1-7(2)16-10(8-3-5-9(13)6-4-8)14-15-11(16)19(12,17)18/h3-7H,1-2H3. The van der Waals surface area contributed by atoms with E-state index in [2.05, 4.69) is 10.2 Å². The Morgan fingerprint density at radius 3 is 2.26 bits per heavy atom. The quantitative estimate of drug-likeness (QED) is 0.818. The second kappa shape index (κ2) is 4.90. The Morgan fingerprint density at radius 1 is 1.21 bits per heavy atom. The van der Waals surface area contributed by atoms with Gasteiger partial charge in [-0.25, -0.2) is 12.8 Å². The minimum Gasteiger partial charge on any atom is -0.294 e. The van der Waals surface area contributed by atoms with Crippen LogP contribution in [0, 0.1) is 5.82 Å². The molecular weight excluding hydrogens is 293 g/mol. The van der Waals surface area contributed by atoms with Crippen molar-refractivity contribution in [2.45, 2.75) is 25.0 Å². The van der Waals surface area contributed by atoms with Crippen molar-refractivity contribution in [1.82, 2.24) is 14.8 Å². The smallest absolute Gasteiger partial charge is 0.294 e. The molecule has 0 fully saturated rings. The lowest BCUT2D eigenvalue weighted by Crippen LogP contribution is -2.10. The minimum absolute atomic E-state index is 0.210. The summed E-state index contributed by atoms with van der Waals surface area (Å²) in [5.74, 6) is -0.0567. The molecule has 1 heterocycles. The van der Waals surface area contributed by atoms with Crippen LogP contribution < -0.4 is 0 Å². The van der Waals surface area contributed by atoms with Gasteiger partial charge in [0.1, 0.15) is 5.82 Å². The van der Waals surface area contributed by atoms with E-state index in [0.717, 1.165) is 0 Å². The predicted octanol–water partition coefficient (Wildman–Crippen LogP) is 2.59. The normalized spacial score (nSPS) is 12.1. The molecule has 1 aromatic carbocycles. The molecule has 19 heavy (non-hydrogen) atoms. The number of hydrogen-bond donors (Lipinski definition) is 0. The molecule has 0 saturated heterocycles. The molecular formula is C11H11ClFN3O2S. The van der Waals surface area contributed by atoms with E-state index in [1.54, 1.807) is 13.8 Å². The predicted molar refractivity (Wildman–Crippen MR) is 68.8 cm³/mol. The highest BCUT2D eigenvalue weighted by molar-refractivity contribution is 8.13. The highest BCUT2D eigenvalue weighted by Crippen LogP contribution is 2.26. The first kappa shape index (κ1) is 14.0. The Labute approximate surface area is 114 Å². The SMILES string of the molecule is CC(C)n1c(-c2ccc(F)cc2)nnc1S(=O)(=O)Cl. The van der Waals surface area contributed by atoms with Crippen molar-refractivity contribution in [1.29, 1.82) is 0 Å². The number of aromatic nitrogens is 3. The van der Waals surface area contributed by atoms with Crippen LogP contribution in [0.3, 0.4) is 0 Å². The van der Waals surface area contributed by atoms with Crippen LogP contribution >= 0.6 is 10.7 Å². The fraction of sp³-hybridized carbons (Fsp3) is 0.273. The molecule has 2 rings (SSSR count). The summed E-state index contributed by atoms with van der Waals surface area (Å²) < 4.78 is 37.2. The van der Waals surface area contributed by atoms with Crippen molar-refractivity contribution >= 4 is 19.7 Å². The van der Waals surface area contributed by atoms with Gasteiger partial charge in [-0.1, -0.05) is 0 Å². The highest BCUT2D eigenvalue weighted by Gasteiger charge is 2.24. The molecule has 0 atom stereocenters. The van der Waals surface area contributed by atoms with Crippen LogP contribution in [-0.2, 0) is 9.05 Å². The fourth-order valence-electron chi connectivity index (χ4n) is 1.70.